The Balaban J connectivity index is 0.000000425. The molecule has 2 aromatic heterocycles. The number of carbonyl (C=O) groups is 2. The molecule has 47 heavy (non-hydrogen) atoms. The lowest BCUT2D eigenvalue weighted by atomic mass is 10.2. The molecule has 2 heterocycles. The molecule has 0 aliphatic heterocycles. The number of rotatable bonds is 11. The van der Waals surface area contributed by atoms with E-state index in [1.54, 1.807) is 42.7 Å². The molecule has 12 nitrogen and oxygen atoms in total. The van der Waals surface area contributed by atoms with Crippen LogP contribution in [0.1, 0.15) is 66.5 Å². The number of carboxylic acids is 2. The molecule has 0 saturated carbocycles. The van der Waals surface area contributed by atoms with Crippen LogP contribution in [-0.2, 0) is 28.4 Å². The molecule has 0 spiro atoms. The predicted octanol–water partition coefficient (Wildman–Crippen LogP) is 6.77. The van der Waals surface area contributed by atoms with Crippen molar-refractivity contribution in [3.05, 3.63) is 95.3 Å². The van der Waals surface area contributed by atoms with E-state index in [0.717, 1.165) is 17.5 Å². The quantitative estimate of drug-likeness (QED) is 0.132. The van der Waals surface area contributed by atoms with Crippen molar-refractivity contribution in [1.29, 1.82) is 0 Å². The van der Waals surface area contributed by atoms with Gasteiger partial charge < -0.3 is 19.7 Å². The zero-order valence-electron chi connectivity index (χ0n) is 27.7. The number of benzene rings is 2. The van der Waals surface area contributed by atoms with Gasteiger partial charge in [-0.25, -0.2) is 28.0 Å². The van der Waals surface area contributed by atoms with Crippen molar-refractivity contribution in [2.24, 2.45) is 0 Å². The highest BCUT2D eigenvalue weighted by Crippen LogP contribution is 2.25. The van der Waals surface area contributed by atoms with Crippen LogP contribution in [0.3, 0.4) is 0 Å². The van der Waals surface area contributed by atoms with E-state index in [2.05, 4.69) is 19.4 Å². The molecule has 0 radical (unpaired) electrons. The first-order chi connectivity index (χ1) is 22.6. The third kappa shape index (κ3) is 12.5. The fraction of sp³-hybridized carbons (Fsp3) is 0.273. The van der Waals surface area contributed by atoms with E-state index in [1.165, 1.54) is 38.5 Å². The minimum absolute atomic E-state index is 0.0805. The number of ether oxygens (including phenoxy) is 2. The van der Waals surface area contributed by atoms with Gasteiger partial charge in [0.15, 0.2) is 0 Å². The van der Waals surface area contributed by atoms with Crippen LogP contribution in [0.2, 0.25) is 0 Å². The van der Waals surface area contributed by atoms with E-state index in [1.807, 2.05) is 47.6 Å². The Kier molecular flexibility index (Phi) is 18.0. The monoisotopic (exact) mass is 686 g/mol. The van der Waals surface area contributed by atoms with Crippen molar-refractivity contribution in [1.82, 2.24) is 9.97 Å². The van der Waals surface area contributed by atoms with Crippen molar-refractivity contribution in [3.8, 4) is 11.8 Å². The largest absolute Gasteiger partial charge is 0.480 e. The van der Waals surface area contributed by atoms with E-state index < -0.39 is 33.9 Å². The van der Waals surface area contributed by atoms with E-state index >= 15 is 0 Å². The van der Waals surface area contributed by atoms with Gasteiger partial charge in [0.05, 0.1) is 35.1 Å². The van der Waals surface area contributed by atoms with Crippen molar-refractivity contribution in [2.75, 3.05) is 23.7 Å². The molecule has 0 saturated heterocycles. The van der Waals surface area contributed by atoms with Crippen molar-refractivity contribution >= 4 is 45.3 Å². The van der Waals surface area contributed by atoms with E-state index in [-0.39, 0.29) is 11.1 Å². The Morgan fingerprint density at radius 2 is 1.15 bits per heavy atom. The molecule has 0 bridgehead atoms. The van der Waals surface area contributed by atoms with Crippen LogP contribution in [0, 0.1) is 6.92 Å². The standard InChI is InChI=1S/C15H16N2O4S.C14H14N2O4S.2C2H6/c1-3-10-7-13(14(21-2)16-9-10)17-22(20)12-6-4-5-11(8-12)15(18)19;1-9-6-12(13(20-2)15-8-9)16-21(19)11-5-3-4-10(7-11)14(17)18;2*1-2/h4-9,17H,3H2,1-2H3,(H,18,19);3-8,16H,1-2H3,(H,17,18);2*1-2H3. The van der Waals surface area contributed by atoms with Crippen LogP contribution in [0.5, 0.6) is 11.8 Å². The highest BCUT2D eigenvalue weighted by atomic mass is 32.2. The summed E-state index contributed by atoms with van der Waals surface area (Å²) in [5.41, 5.74) is 3.00. The fourth-order valence-corrected chi connectivity index (χ4v) is 5.32. The lowest BCUT2D eigenvalue weighted by Gasteiger charge is -2.11. The molecular formula is C33H42N4O8S2. The Morgan fingerprint density at radius 3 is 1.55 bits per heavy atom. The molecule has 254 valence electrons. The van der Waals surface area contributed by atoms with Crippen molar-refractivity contribution in [2.45, 2.75) is 57.8 Å². The highest BCUT2D eigenvalue weighted by molar-refractivity contribution is 7.86. The normalized spacial score (nSPS) is 11.0. The van der Waals surface area contributed by atoms with Crippen LogP contribution < -0.4 is 18.9 Å². The third-order valence-corrected chi connectivity index (χ3v) is 7.86. The van der Waals surface area contributed by atoms with E-state index in [9.17, 15) is 18.0 Å². The summed E-state index contributed by atoms with van der Waals surface area (Å²) < 4.78 is 40.5. The summed E-state index contributed by atoms with van der Waals surface area (Å²) in [6.07, 6.45) is 4.11. The van der Waals surface area contributed by atoms with Crippen LogP contribution >= 0.6 is 0 Å². The number of nitrogens with one attached hydrogen (secondary N) is 2. The van der Waals surface area contributed by atoms with Gasteiger partial charge in [0.2, 0.25) is 11.8 Å². The summed E-state index contributed by atoms with van der Waals surface area (Å²) in [6.45, 7) is 11.8. The van der Waals surface area contributed by atoms with Crippen molar-refractivity contribution in [3.63, 3.8) is 0 Å². The van der Waals surface area contributed by atoms with Crippen molar-refractivity contribution < 1.29 is 37.7 Å². The Morgan fingerprint density at radius 1 is 0.723 bits per heavy atom. The van der Waals surface area contributed by atoms with E-state index in [0.29, 0.717) is 32.9 Å². The maximum Gasteiger partial charge on any atom is 0.335 e. The van der Waals surface area contributed by atoms with Gasteiger partial charge in [0, 0.05) is 12.4 Å². The predicted molar refractivity (Wildman–Crippen MR) is 185 cm³/mol. The molecule has 0 aliphatic rings. The van der Waals surface area contributed by atoms with Gasteiger partial charge in [0.1, 0.15) is 33.3 Å². The Labute approximate surface area is 280 Å². The van der Waals surface area contributed by atoms with Crippen LogP contribution in [0.25, 0.3) is 0 Å². The summed E-state index contributed by atoms with van der Waals surface area (Å²) in [4.78, 5) is 30.8. The summed E-state index contributed by atoms with van der Waals surface area (Å²) in [5.74, 6) is -1.47. The number of carboxylic acid groups (broad SMARTS) is 2. The van der Waals surface area contributed by atoms with Gasteiger partial charge in [-0.05, 0) is 73.0 Å². The molecule has 2 atom stereocenters. The van der Waals surface area contributed by atoms with Gasteiger partial charge in [-0.2, -0.15) is 0 Å². The zero-order valence-corrected chi connectivity index (χ0v) is 29.3. The number of hydrogen-bond donors (Lipinski definition) is 4. The summed E-state index contributed by atoms with van der Waals surface area (Å²) in [6, 6.07) is 15.5. The molecule has 4 aromatic rings. The number of aromatic nitrogens is 2. The van der Waals surface area contributed by atoms with Crippen LogP contribution in [-0.4, -0.2) is 54.8 Å². The van der Waals surface area contributed by atoms with Gasteiger partial charge in [-0.3, -0.25) is 9.44 Å². The first kappa shape index (κ1) is 40.2. The van der Waals surface area contributed by atoms with Crippen LogP contribution in [0.15, 0.2) is 82.8 Å². The highest BCUT2D eigenvalue weighted by Gasteiger charge is 2.13. The number of anilines is 2. The van der Waals surface area contributed by atoms with Gasteiger partial charge in [0.25, 0.3) is 0 Å². The average Bonchev–Trinajstić information content (AvgIpc) is 3.10. The van der Waals surface area contributed by atoms with Gasteiger partial charge in [-0.1, -0.05) is 46.8 Å². The molecular weight excluding hydrogens is 645 g/mol. The van der Waals surface area contributed by atoms with Gasteiger partial charge in [-0.15, -0.1) is 0 Å². The van der Waals surface area contributed by atoms with Gasteiger partial charge >= 0.3 is 11.9 Å². The Bertz CT molecular complexity index is 1670. The molecule has 2 aromatic carbocycles. The molecule has 4 N–H and O–H groups in total. The maximum absolute atomic E-state index is 12.4. The minimum Gasteiger partial charge on any atom is -0.480 e. The number of methoxy groups -OCH3 is 2. The summed E-state index contributed by atoms with van der Waals surface area (Å²) in [5, 5.41) is 17.9. The number of hydrogen-bond acceptors (Lipinski definition) is 8. The number of aryl methyl sites for hydroxylation is 2. The molecule has 0 amide bonds. The first-order valence-electron chi connectivity index (χ1n) is 14.6. The molecule has 4 rings (SSSR count). The topological polar surface area (TPSA) is 177 Å². The molecule has 2 unspecified atom stereocenters. The first-order valence-corrected chi connectivity index (χ1v) is 16.9. The van der Waals surface area contributed by atoms with Crippen LogP contribution in [0.4, 0.5) is 11.4 Å². The molecule has 0 fully saturated rings. The molecule has 0 aliphatic carbocycles. The molecule has 14 heteroatoms. The van der Waals surface area contributed by atoms with E-state index in [4.69, 9.17) is 19.7 Å². The second-order valence-corrected chi connectivity index (χ2v) is 11.2. The fourth-order valence-electron chi connectivity index (χ4n) is 3.52. The minimum atomic E-state index is -1.62. The summed E-state index contributed by atoms with van der Waals surface area (Å²) in [7, 11) is -0.283. The summed E-state index contributed by atoms with van der Waals surface area (Å²) >= 11 is 0. The Hall–Kier alpha value is -4.82. The second-order valence-electron chi connectivity index (χ2n) is 8.73. The number of pyridine rings is 2. The number of aromatic carboxylic acids is 2. The smallest absolute Gasteiger partial charge is 0.335 e. The second kappa shape index (κ2) is 21.1. The maximum atomic E-state index is 12.4. The SMILES string of the molecule is CC.CC.CCc1cnc(OC)c(NS(=O)c2cccc(C(=O)O)c2)c1.COc1ncc(C)cc1NS(=O)c1cccc(C(=O)O)c1. The lowest BCUT2D eigenvalue weighted by Crippen LogP contribution is -2.08. The third-order valence-electron chi connectivity index (χ3n) is 5.69. The average molecular weight is 687 g/mol. The lowest BCUT2D eigenvalue weighted by molar-refractivity contribution is 0.0685. The zero-order chi connectivity index (χ0) is 35.5. The number of nitrogens with zero attached hydrogens (tertiary/aromatic N) is 2.